The Labute approximate surface area is 269 Å². The molecule has 0 amide bonds. The summed E-state index contributed by atoms with van der Waals surface area (Å²) in [7, 11) is 0. The van der Waals surface area contributed by atoms with E-state index in [2.05, 4.69) is 140 Å². The number of unbranched alkanes of at least 4 members (excludes halogenated alkanes) is 1. The highest BCUT2D eigenvalue weighted by Crippen LogP contribution is 2.55. The van der Waals surface area contributed by atoms with Crippen LogP contribution in [-0.4, -0.2) is 0 Å². The Kier molecular flexibility index (Phi) is 6.82. The molecule has 3 atom stereocenters. The standard InChI is InChI=1S/C43H46N2/c1-5-7-15-31-27-33-23-25-42(4)43(6-2,38-20-13-12-19-37(38)41(28-31)45(33)42)26-24-40-36-18-11-10-17-35(36)39-22-21-32(29-44(39)40)34-16-9-8-14-30(34)3/h8-14,16-22,27-29,40H,5-7,15,23-26H2,1-4H3/q+2. The summed E-state index contributed by atoms with van der Waals surface area (Å²) in [4.78, 5) is 0. The highest BCUT2D eigenvalue weighted by molar-refractivity contribution is 5.70. The summed E-state index contributed by atoms with van der Waals surface area (Å²) < 4.78 is 5.41. The zero-order valence-corrected chi connectivity index (χ0v) is 27.4. The number of fused-ring (bicyclic) bond motifs is 5. The van der Waals surface area contributed by atoms with Gasteiger partial charge in [0.15, 0.2) is 23.5 Å². The molecular formula is C43H46N2+2. The van der Waals surface area contributed by atoms with Gasteiger partial charge in [-0.15, -0.1) is 0 Å². The molecule has 0 saturated heterocycles. The van der Waals surface area contributed by atoms with Crippen LogP contribution in [0.1, 0.15) is 93.3 Å². The van der Waals surface area contributed by atoms with Gasteiger partial charge >= 0.3 is 0 Å². The maximum atomic E-state index is 2.80. The molecule has 3 aliphatic rings. The minimum atomic E-state index is 0.0542. The first kappa shape index (κ1) is 28.4. The van der Waals surface area contributed by atoms with Crippen molar-refractivity contribution in [3.63, 3.8) is 0 Å². The third-order valence-corrected chi connectivity index (χ3v) is 11.9. The van der Waals surface area contributed by atoms with E-state index in [0.717, 1.165) is 19.3 Å². The first-order valence-corrected chi connectivity index (χ1v) is 17.4. The fourth-order valence-corrected chi connectivity index (χ4v) is 9.62. The van der Waals surface area contributed by atoms with Gasteiger partial charge in [-0.1, -0.05) is 80.9 Å². The lowest BCUT2D eigenvalue weighted by atomic mass is 9.58. The summed E-state index contributed by atoms with van der Waals surface area (Å²) >= 11 is 0. The maximum Gasteiger partial charge on any atom is 0.213 e. The summed E-state index contributed by atoms with van der Waals surface area (Å²) in [5.74, 6) is 0. The Morgan fingerprint density at radius 3 is 2.36 bits per heavy atom. The topological polar surface area (TPSA) is 7.76 Å². The molecule has 0 N–H and O–H groups in total. The first-order chi connectivity index (χ1) is 22.0. The Bertz CT molecular complexity index is 1940. The van der Waals surface area contributed by atoms with Crippen LogP contribution in [0, 0.1) is 6.92 Å². The Morgan fingerprint density at radius 2 is 1.56 bits per heavy atom. The van der Waals surface area contributed by atoms with Crippen molar-refractivity contribution < 1.29 is 9.13 Å². The van der Waals surface area contributed by atoms with Crippen LogP contribution in [0.3, 0.4) is 0 Å². The van der Waals surface area contributed by atoms with Crippen molar-refractivity contribution in [2.45, 2.75) is 96.1 Å². The second-order valence-electron chi connectivity index (χ2n) is 14.1. The van der Waals surface area contributed by atoms with Gasteiger partial charge in [-0.25, -0.2) is 0 Å². The molecule has 2 nitrogen and oxygen atoms in total. The number of rotatable bonds is 8. The fraction of sp³-hybridized carbons (Fsp3) is 0.349. The average Bonchev–Trinajstić information content (AvgIpc) is 3.59. The molecular weight excluding hydrogens is 544 g/mol. The predicted molar refractivity (Wildman–Crippen MR) is 184 cm³/mol. The molecule has 8 rings (SSSR count). The molecule has 45 heavy (non-hydrogen) atoms. The number of nitrogens with zero attached hydrogens (tertiary/aromatic N) is 2. The smallest absolute Gasteiger partial charge is 0.191 e. The fourth-order valence-electron chi connectivity index (χ4n) is 9.62. The van der Waals surface area contributed by atoms with E-state index in [-0.39, 0.29) is 11.0 Å². The lowest BCUT2D eigenvalue weighted by molar-refractivity contribution is -0.758. The van der Waals surface area contributed by atoms with E-state index in [9.17, 15) is 0 Å². The van der Waals surface area contributed by atoms with Crippen molar-refractivity contribution in [1.29, 1.82) is 0 Å². The van der Waals surface area contributed by atoms with Gasteiger partial charge < -0.3 is 0 Å². The van der Waals surface area contributed by atoms with Crippen LogP contribution in [0.5, 0.6) is 0 Å². The molecule has 226 valence electrons. The number of aryl methyl sites for hydroxylation is 3. The molecule has 0 fully saturated rings. The summed E-state index contributed by atoms with van der Waals surface area (Å²) in [5.41, 5.74) is 15.8. The molecule has 5 aromatic rings. The average molecular weight is 591 g/mol. The molecule has 2 aromatic heterocycles. The number of pyridine rings is 2. The molecule has 0 saturated carbocycles. The third-order valence-electron chi connectivity index (χ3n) is 11.9. The SMILES string of the molecule is CCCCc1cc2[n+]3c(c1)-c1ccccc1C(CC)(CCC1c4ccccc4-c4ccc(-c5ccccc5C)c[n+]41)C3(C)CC2. The zero-order valence-electron chi connectivity index (χ0n) is 27.4. The van der Waals surface area contributed by atoms with Crippen molar-refractivity contribution in [3.05, 3.63) is 131 Å². The van der Waals surface area contributed by atoms with Crippen LogP contribution in [0.2, 0.25) is 0 Å². The molecule has 3 aromatic carbocycles. The number of aromatic nitrogens is 2. The summed E-state index contributed by atoms with van der Waals surface area (Å²) in [6.07, 6.45) is 11.9. The van der Waals surface area contributed by atoms with Gasteiger partial charge in [0.05, 0.1) is 16.5 Å². The monoisotopic (exact) mass is 590 g/mol. The van der Waals surface area contributed by atoms with Crippen molar-refractivity contribution in [1.82, 2.24) is 0 Å². The minimum Gasteiger partial charge on any atom is -0.191 e. The second-order valence-corrected chi connectivity index (χ2v) is 14.1. The van der Waals surface area contributed by atoms with Crippen molar-refractivity contribution >= 4 is 0 Å². The van der Waals surface area contributed by atoms with E-state index in [1.54, 1.807) is 11.3 Å². The van der Waals surface area contributed by atoms with Gasteiger partial charge in [-0.3, -0.25) is 0 Å². The van der Waals surface area contributed by atoms with Gasteiger partial charge in [-0.2, -0.15) is 9.13 Å². The van der Waals surface area contributed by atoms with Crippen LogP contribution in [0.25, 0.3) is 33.6 Å². The van der Waals surface area contributed by atoms with Gasteiger partial charge in [0, 0.05) is 55.5 Å². The molecule has 0 spiro atoms. The van der Waals surface area contributed by atoms with Crippen LogP contribution >= 0.6 is 0 Å². The molecule has 0 aliphatic carbocycles. The largest absolute Gasteiger partial charge is 0.213 e. The van der Waals surface area contributed by atoms with Crippen molar-refractivity contribution in [2.24, 2.45) is 0 Å². The molecule has 0 radical (unpaired) electrons. The van der Waals surface area contributed by atoms with E-state index in [1.807, 2.05) is 0 Å². The first-order valence-electron chi connectivity index (χ1n) is 17.4. The normalized spacial score (nSPS) is 22.1. The zero-order chi connectivity index (χ0) is 30.8. The van der Waals surface area contributed by atoms with Crippen molar-refractivity contribution in [2.75, 3.05) is 0 Å². The molecule has 3 aliphatic heterocycles. The minimum absolute atomic E-state index is 0.0542. The quantitative estimate of drug-likeness (QED) is 0.159. The van der Waals surface area contributed by atoms with Gasteiger partial charge in [-0.05, 0) is 73.1 Å². The van der Waals surface area contributed by atoms with E-state index < -0.39 is 0 Å². The third kappa shape index (κ3) is 4.14. The Hall–Kier alpha value is -4.04. The Morgan fingerprint density at radius 1 is 0.800 bits per heavy atom. The van der Waals surface area contributed by atoms with Crippen LogP contribution in [0.4, 0.5) is 0 Å². The summed E-state index contributed by atoms with van der Waals surface area (Å²) in [5, 5.41) is 0. The van der Waals surface area contributed by atoms with E-state index >= 15 is 0 Å². The van der Waals surface area contributed by atoms with Crippen molar-refractivity contribution in [3.8, 4) is 33.6 Å². The Balaban J connectivity index is 1.23. The van der Waals surface area contributed by atoms with Gasteiger partial charge in [0.25, 0.3) is 0 Å². The summed E-state index contributed by atoms with van der Waals surface area (Å²) in [6, 6.07) is 37.5. The molecule has 2 heteroatoms. The van der Waals surface area contributed by atoms with E-state index in [0.29, 0.717) is 6.04 Å². The van der Waals surface area contributed by atoms with Gasteiger partial charge in [0.2, 0.25) is 11.4 Å². The van der Waals surface area contributed by atoms with Crippen LogP contribution in [0.15, 0.2) is 103 Å². The molecule has 5 heterocycles. The van der Waals surface area contributed by atoms with E-state index in [1.165, 1.54) is 82.4 Å². The number of hydrogen-bond acceptors (Lipinski definition) is 0. The molecule has 0 bridgehead atoms. The lowest BCUT2D eigenvalue weighted by Crippen LogP contribution is -2.67. The predicted octanol–water partition coefficient (Wildman–Crippen LogP) is 9.62. The second kappa shape index (κ2) is 10.8. The van der Waals surface area contributed by atoms with Gasteiger partial charge in [0.1, 0.15) is 0 Å². The number of hydrogen-bond donors (Lipinski definition) is 0. The maximum absolute atomic E-state index is 2.80. The molecule has 3 unspecified atom stereocenters. The van der Waals surface area contributed by atoms with Crippen LogP contribution < -0.4 is 9.13 Å². The highest BCUT2D eigenvalue weighted by atomic mass is 15.1. The van der Waals surface area contributed by atoms with Crippen LogP contribution in [-0.2, 0) is 23.8 Å². The lowest BCUT2D eigenvalue weighted by Gasteiger charge is -2.47. The summed E-state index contributed by atoms with van der Waals surface area (Å²) in [6.45, 7) is 9.58. The number of benzene rings is 3. The highest BCUT2D eigenvalue weighted by Gasteiger charge is 2.63. The van der Waals surface area contributed by atoms with E-state index in [4.69, 9.17) is 0 Å².